The number of nitrogens with one attached hydrogen (secondary N) is 1. The minimum atomic E-state index is -4.65. The van der Waals surface area contributed by atoms with Gasteiger partial charge in [0.05, 0.1) is 52.1 Å². The molecule has 0 aliphatic heterocycles. The van der Waals surface area contributed by atoms with Crippen molar-refractivity contribution < 1.29 is 43.1 Å². The zero-order valence-corrected chi connectivity index (χ0v) is 35.5. The molecule has 1 amide bonds. The van der Waals surface area contributed by atoms with Crippen LogP contribution in [0, 0.1) is 0 Å². The first kappa shape index (κ1) is 52.1. The maximum absolute atomic E-state index is 12.8. The third-order valence-corrected chi connectivity index (χ3v) is 9.89. The number of carbonyl (C=O) groups is 1. The summed E-state index contributed by atoms with van der Waals surface area (Å²) >= 11 is 0. The van der Waals surface area contributed by atoms with Crippen molar-refractivity contribution in [3.05, 3.63) is 60.8 Å². The molecule has 0 radical (unpaired) electrons. The van der Waals surface area contributed by atoms with E-state index in [0.717, 1.165) is 44.9 Å². The van der Waals surface area contributed by atoms with Crippen LogP contribution >= 0.6 is 7.82 Å². The minimum Gasteiger partial charge on any atom is -0.756 e. The van der Waals surface area contributed by atoms with Gasteiger partial charge in [-0.25, -0.2) is 0 Å². The maximum atomic E-state index is 12.8. The number of phosphoric ester groups is 1. The van der Waals surface area contributed by atoms with Crippen molar-refractivity contribution in [2.45, 2.75) is 167 Å². The highest BCUT2D eigenvalue weighted by atomic mass is 31.2. The van der Waals surface area contributed by atoms with E-state index in [2.05, 4.69) is 19.2 Å². The number of rotatable bonds is 36. The van der Waals surface area contributed by atoms with Gasteiger partial charge in [0, 0.05) is 6.42 Å². The number of quaternary nitrogens is 1. The molecule has 0 aromatic rings. The second-order valence-electron chi connectivity index (χ2n) is 15.4. The molecule has 0 saturated heterocycles. The number of likely N-dealkylation sites (N-methyl/N-ethyl adjacent to an activating group) is 1. The molecule has 0 aliphatic carbocycles. The molecule has 0 bridgehead atoms. The van der Waals surface area contributed by atoms with Crippen molar-refractivity contribution in [2.75, 3.05) is 40.9 Å². The predicted molar refractivity (Wildman–Crippen MR) is 222 cm³/mol. The number of aliphatic hydroxyl groups is 3. The molecule has 0 saturated carbocycles. The molecule has 0 aromatic heterocycles. The Hall–Kier alpha value is -1.88. The molecule has 54 heavy (non-hydrogen) atoms. The van der Waals surface area contributed by atoms with Gasteiger partial charge in [-0.3, -0.25) is 9.36 Å². The fourth-order valence-corrected chi connectivity index (χ4v) is 6.20. The van der Waals surface area contributed by atoms with Gasteiger partial charge < -0.3 is 39.1 Å². The first-order valence-electron chi connectivity index (χ1n) is 20.9. The van der Waals surface area contributed by atoms with Crippen molar-refractivity contribution >= 4 is 13.7 Å². The molecule has 0 heterocycles. The van der Waals surface area contributed by atoms with Crippen LogP contribution in [0.2, 0.25) is 0 Å². The summed E-state index contributed by atoms with van der Waals surface area (Å²) in [7, 11) is 1.10. The van der Waals surface area contributed by atoms with Crippen LogP contribution in [0.1, 0.15) is 142 Å². The van der Waals surface area contributed by atoms with Crippen LogP contribution in [0.5, 0.6) is 0 Å². The summed E-state index contributed by atoms with van der Waals surface area (Å²) in [6.07, 6.45) is 36.1. The summed E-state index contributed by atoms with van der Waals surface area (Å²) in [5.41, 5.74) is 0. The Kier molecular flexibility index (Phi) is 33.2. The van der Waals surface area contributed by atoms with Gasteiger partial charge in [-0.15, -0.1) is 0 Å². The van der Waals surface area contributed by atoms with Crippen LogP contribution in [-0.2, 0) is 18.4 Å². The molecule has 5 atom stereocenters. The van der Waals surface area contributed by atoms with E-state index in [0.29, 0.717) is 30.3 Å². The van der Waals surface area contributed by atoms with Crippen LogP contribution in [0.3, 0.4) is 0 Å². The Morgan fingerprint density at radius 2 is 1.22 bits per heavy atom. The van der Waals surface area contributed by atoms with Crippen molar-refractivity contribution in [3.8, 4) is 0 Å². The third kappa shape index (κ3) is 35.8. The summed E-state index contributed by atoms with van der Waals surface area (Å²) in [4.78, 5) is 25.2. The second kappa shape index (κ2) is 34.4. The number of hydrogen-bond acceptors (Lipinski definition) is 8. The number of nitrogens with zero attached hydrogens (tertiary/aromatic N) is 1. The highest BCUT2D eigenvalue weighted by Gasteiger charge is 2.23. The number of aliphatic hydroxyl groups excluding tert-OH is 3. The monoisotopic (exact) mass is 783 g/mol. The Labute approximate surface area is 329 Å². The molecule has 10 nitrogen and oxygen atoms in total. The highest BCUT2D eigenvalue weighted by Crippen LogP contribution is 2.38. The van der Waals surface area contributed by atoms with Crippen molar-refractivity contribution in [3.63, 3.8) is 0 Å². The van der Waals surface area contributed by atoms with Gasteiger partial charge in [0.2, 0.25) is 5.91 Å². The lowest BCUT2D eigenvalue weighted by Gasteiger charge is -2.29. The average molecular weight is 783 g/mol. The number of hydrogen-bond donors (Lipinski definition) is 4. The first-order valence-corrected chi connectivity index (χ1v) is 22.3. The zero-order chi connectivity index (χ0) is 40.3. The smallest absolute Gasteiger partial charge is 0.268 e. The van der Waals surface area contributed by atoms with Gasteiger partial charge in [-0.2, -0.15) is 0 Å². The van der Waals surface area contributed by atoms with Crippen molar-refractivity contribution in [1.29, 1.82) is 0 Å². The quantitative estimate of drug-likeness (QED) is 0.0163. The number of carbonyl (C=O) groups excluding carboxylic acids is 1. The summed E-state index contributed by atoms with van der Waals surface area (Å²) < 4.78 is 23.0. The van der Waals surface area contributed by atoms with Crippen LogP contribution < -0.4 is 10.2 Å². The lowest BCUT2D eigenvalue weighted by Crippen LogP contribution is -2.45. The highest BCUT2D eigenvalue weighted by molar-refractivity contribution is 7.45. The lowest BCUT2D eigenvalue weighted by atomic mass is 10.0. The molecule has 4 N–H and O–H groups in total. The molecule has 0 spiro atoms. The first-order chi connectivity index (χ1) is 25.8. The molecular formula is C43H79N2O8P. The SMILES string of the molecule is CCCCCCCCCCCCC/C=C/[C@@H](O)[C@H](COP(=O)([O-])OCC[N+](C)(C)C)NC(=O)CCC[C@H](O)/C=C/C=C\C/C=C\C=C\[C@H](O)CCCCC. The Morgan fingerprint density at radius 1 is 0.704 bits per heavy atom. The molecule has 314 valence electrons. The largest absolute Gasteiger partial charge is 0.756 e. The molecule has 11 heteroatoms. The number of phosphoric acid groups is 1. The summed E-state index contributed by atoms with van der Waals surface area (Å²) in [6.45, 7) is 4.32. The molecule has 1 unspecified atom stereocenters. The van der Waals surface area contributed by atoms with E-state index in [1.807, 2.05) is 57.6 Å². The molecule has 0 fully saturated rings. The Balaban J connectivity index is 4.76. The van der Waals surface area contributed by atoms with Gasteiger partial charge >= 0.3 is 0 Å². The fraction of sp³-hybridized carbons (Fsp3) is 0.744. The van der Waals surface area contributed by atoms with Crippen LogP contribution in [-0.4, -0.2) is 91.0 Å². The topological polar surface area (TPSA) is 148 Å². The van der Waals surface area contributed by atoms with Gasteiger partial charge in [-0.1, -0.05) is 158 Å². The number of allylic oxidation sites excluding steroid dienone is 7. The lowest BCUT2D eigenvalue weighted by molar-refractivity contribution is -0.870. The normalized spacial score (nSPS) is 16.2. The van der Waals surface area contributed by atoms with Gasteiger partial charge in [0.25, 0.3) is 7.82 Å². The third-order valence-electron chi connectivity index (χ3n) is 8.93. The van der Waals surface area contributed by atoms with E-state index in [-0.39, 0.29) is 18.9 Å². The Morgan fingerprint density at radius 3 is 1.78 bits per heavy atom. The van der Waals surface area contributed by atoms with E-state index in [1.54, 1.807) is 24.3 Å². The molecule has 0 aromatic carbocycles. The molecule has 0 rings (SSSR count). The summed E-state index contributed by atoms with van der Waals surface area (Å²) in [6, 6.07) is -0.995. The van der Waals surface area contributed by atoms with Crippen LogP contribution in [0.25, 0.3) is 0 Å². The van der Waals surface area contributed by atoms with Crippen LogP contribution in [0.4, 0.5) is 0 Å². The van der Waals surface area contributed by atoms with Crippen LogP contribution in [0.15, 0.2) is 60.8 Å². The minimum absolute atomic E-state index is 0.0466. The standard InChI is InChI=1S/C43H79N2O8P/c1-6-8-10-11-12-13-14-15-16-17-21-24-28-34-42(48)41(38-53-54(50,51)52-37-36-45(3,4)5)44-43(49)35-29-33-40(47)32-27-23-20-18-19-22-26-31-39(46)30-25-9-7-2/h19-20,22-23,26-28,31-32,34,39-42,46-48H,6-18,21,24-25,29-30,33,35-38H2,1-5H3,(H-,44,49,50,51)/b22-19-,23-20-,31-26+,32-27+,34-28+/t39-,40-,41+,42-/m1/s1. The van der Waals surface area contributed by atoms with E-state index in [1.165, 1.54) is 57.8 Å². The van der Waals surface area contributed by atoms with Gasteiger partial charge in [0.15, 0.2) is 0 Å². The number of amides is 1. The van der Waals surface area contributed by atoms with E-state index in [9.17, 15) is 29.6 Å². The maximum Gasteiger partial charge on any atom is 0.268 e. The van der Waals surface area contributed by atoms with Crippen molar-refractivity contribution in [1.82, 2.24) is 5.32 Å². The van der Waals surface area contributed by atoms with E-state index in [4.69, 9.17) is 9.05 Å². The second-order valence-corrected chi connectivity index (χ2v) is 16.8. The molecule has 0 aliphatic rings. The number of unbranched alkanes of at least 4 members (excludes halogenated alkanes) is 13. The fourth-order valence-electron chi connectivity index (χ4n) is 5.48. The van der Waals surface area contributed by atoms with Gasteiger partial charge in [0.1, 0.15) is 13.2 Å². The Bertz CT molecular complexity index is 1100. The van der Waals surface area contributed by atoms with E-state index >= 15 is 0 Å². The van der Waals surface area contributed by atoms with E-state index < -0.39 is 38.8 Å². The summed E-state index contributed by atoms with van der Waals surface area (Å²) in [5.74, 6) is -0.376. The van der Waals surface area contributed by atoms with Crippen molar-refractivity contribution in [2.24, 2.45) is 0 Å². The zero-order valence-electron chi connectivity index (χ0n) is 34.6. The summed E-state index contributed by atoms with van der Waals surface area (Å²) in [5, 5.41) is 33.8. The van der Waals surface area contributed by atoms with Gasteiger partial charge in [-0.05, 0) is 38.5 Å². The average Bonchev–Trinajstić information content (AvgIpc) is 3.10. The molecular weight excluding hydrogens is 703 g/mol. The predicted octanol–water partition coefficient (Wildman–Crippen LogP) is 8.38.